The maximum Gasteiger partial charge on any atom is 0.136 e. The summed E-state index contributed by atoms with van der Waals surface area (Å²) < 4.78 is 11.0. The van der Waals surface area contributed by atoms with Crippen LogP contribution in [0.1, 0.15) is 0 Å². The van der Waals surface area contributed by atoms with Crippen LogP contribution in [0.4, 0.5) is 0 Å². The molecule has 210 valence electrons. The van der Waals surface area contributed by atoms with Crippen molar-refractivity contribution in [3.63, 3.8) is 0 Å². The van der Waals surface area contributed by atoms with Gasteiger partial charge in [-0.25, -0.2) is 0 Å². The summed E-state index contributed by atoms with van der Waals surface area (Å²) in [6.07, 6.45) is 0. The van der Waals surface area contributed by atoms with E-state index in [4.69, 9.17) is 4.42 Å². The first-order valence-electron chi connectivity index (χ1n) is 15.4. The first kappa shape index (κ1) is 24.4. The number of aromatic nitrogens is 2. The molecule has 0 amide bonds. The molecular formula is C42H26N2O. The van der Waals surface area contributed by atoms with Crippen LogP contribution >= 0.6 is 0 Å². The topological polar surface area (TPSA) is 23.0 Å². The minimum atomic E-state index is 0.921. The van der Waals surface area contributed by atoms with E-state index in [1.165, 1.54) is 54.7 Å². The number of furan rings is 1. The van der Waals surface area contributed by atoms with Crippen LogP contribution in [0, 0.1) is 0 Å². The summed E-state index contributed by atoms with van der Waals surface area (Å²) in [5.74, 6) is 0. The van der Waals surface area contributed by atoms with E-state index in [9.17, 15) is 0 Å². The van der Waals surface area contributed by atoms with Crippen molar-refractivity contribution in [1.82, 2.24) is 9.13 Å². The highest BCUT2D eigenvalue weighted by atomic mass is 16.3. The van der Waals surface area contributed by atoms with Crippen molar-refractivity contribution < 1.29 is 4.42 Å². The maximum atomic E-state index is 6.25. The Kier molecular flexibility index (Phi) is 5.00. The molecule has 3 heterocycles. The second kappa shape index (κ2) is 9.22. The van der Waals surface area contributed by atoms with E-state index in [2.05, 4.69) is 155 Å². The average Bonchev–Trinajstić information content (AvgIpc) is 3.75. The molecule has 0 aliphatic heterocycles. The first-order chi connectivity index (χ1) is 22.3. The Hall–Kier alpha value is -6.06. The predicted molar refractivity (Wildman–Crippen MR) is 188 cm³/mol. The van der Waals surface area contributed by atoms with E-state index in [-0.39, 0.29) is 0 Å². The molecule has 0 saturated heterocycles. The Morgan fingerprint density at radius 2 is 0.756 bits per heavy atom. The highest BCUT2D eigenvalue weighted by molar-refractivity contribution is 6.17. The van der Waals surface area contributed by atoms with E-state index in [0.29, 0.717) is 0 Å². The third kappa shape index (κ3) is 3.52. The van der Waals surface area contributed by atoms with Gasteiger partial charge in [-0.1, -0.05) is 97.1 Å². The number of benzene rings is 7. The predicted octanol–water partition coefficient (Wildman–Crippen LogP) is 11.4. The van der Waals surface area contributed by atoms with Crippen LogP contribution in [0.5, 0.6) is 0 Å². The van der Waals surface area contributed by atoms with Gasteiger partial charge in [0.05, 0.1) is 22.1 Å². The summed E-state index contributed by atoms with van der Waals surface area (Å²) in [5.41, 5.74) is 11.3. The Labute approximate surface area is 258 Å². The van der Waals surface area contributed by atoms with Crippen molar-refractivity contribution >= 4 is 65.6 Å². The summed E-state index contributed by atoms with van der Waals surface area (Å²) in [4.78, 5) is 0. The van der Waals surface area contributed by atoms with Crippen molar-refractivity contribution in [3.8, 4) is 22.5 Å². The summed E-state index contributed by atoms with van der Waals surface area (Å²) >= 11 is 0. The second-order valence-corrected chi connectivity index (χ2v) is 11.8. The Balaban J connectivity index is 1.08. The van der Waals surface area contributed by atoms with Crippen LogP contribution in [0.2, 0.25) is 0 Å². The van der Waals surface area contributed by atoms with Crippen molar-refractivity contribution in [3.05, 3.63) is 158 Å². The lowest BCUT2D eigenvalue weighted by atomic mass is 10.0. The SMILES string of the molecule is c1ccc2c(c1)oc1cc3c4ccccc4n(-c4ccc(-c5ccc(-n6c7ccccc7c7ccccc76)cc5)cc4)c3cc12. The molecule has 3 aromatic heterocycles. The molecule has 0 unspecified atom stereocenters. The minimum absolute atomic E-state index is 0.921. The van der Waals surface area contributed by atoms with Gasteiger partial charge in [-0.15, -0.1) is 0 Å². The zero-order chi connectivity index (χ0) is 29.5. The minimum Gasteiger partial charge on any atom is -0.456 e. The van der Waals surface area contributed by atoms with Crippen LogP contribution in [0.25, 0.3) is 88.1 Å². The smallest absolute Gasteiger partial charge is 0.136 e. The van der Waals surface area contributed by atoms with Gasteiger partial charge in [0.2, 0.25) is 0 Å². The summed E-state index contributed by atoms with van der Waals surface area (Å²) in [6, 6.07) is 56.6. The number of nitrogens with zero attached hydrogens (tertiary/aromatic N) is 2. The molecule has 0 aliphatic carbocycles. The number of hydrogen-bond acceptors (Lipinski definition) is 1. The Morgan fingerprint density at radius 3 is 1.31 bits per heavy atom. The van der Waals surface area contributed by atoms with Gasteiger partial charge in [0, 0.05) is 43.7 Å². The second-order valence-electron chi connectivity index (χ2n) is 11.8. The molecular weight excluding hydrogens is 548 g/mol. The molecule has 0 spiro atoms. The molecule has 7 aromatic carbocycles. The first-order valence-corrected chi connectivity index (χ1v) is 15.4. The van der Waals surface area contributed by atoms with Crippen molar-refractivity contribution in [2.45, 2.75) is 0 Å². The molecule has 0 saturated carbocycles. The molecule has 3 nitrogen and oxygen atoms in total. The fourth-order valence-electron chi connectivity index (χ4n) is 7.27. The van der Waals surface area contributed by atoms with Crippen LogP contribution in [0.15, 0.2) is 162 Å². The highest BCUT2D eigenvalue weighted by Gasteiger charge is 2.16. The summed E-state index contributed by atoms with van der Waals surface area (Å²) in [6.45, 7) is 0. The monoisotopic (exact) mass is 574 g/mol. The lowest BCUT2D eigenvalue weighted by molar-refractivity contribution is 0.669. The van der Waals surface area contributed by atoms with Crippen molar-refractivity contribution in [2.75, 3.05) is 0 Å². The average molecular weight is 575 g/mol. The lowest BCUT2D eigenvalue weighted by Gasteiger charge is -2.11. The molecule has 0 N–H and O–H groups in total. The van der Waals surface area contributed by atoms with Crippen molar-refractivity contribution in [2.24, 2.45) is 0 Å². The zero-order valence-corrected chi connectivity index (χ0v) is 24.3. The van der Waals surface area contributed by atoms with Gasteiger partial charge in [-0.05, 0) is 71.8 Å². The van der Waals surface area contributed by atoms with Gasteiger partial charge in [-0.3, -0.25) is 0 Å². The Morgan fingerprint density at radius 1 is 0.311 bits per heavy atom. The molecule has 0 atom stereocenters. The largest absolute Gasteiger partial charge is 0.456 e. The number of rotatable bonds is 3. The molecule has 45 heavy (non-hydrogen) atoms. The third-order valence-corrected chi connectivity index (χ3v) is 9.34. The quantitative estimate of drug-likeness (QED) is 0.206. The number of para-hydroxylation sites is 4. The molecule has 10 aromatic rings. The van der Waals surface area contributed by atoms with Gasteiger partial charge in [-0.2, -0.15) is 0 Å². The molecule has 0 bridgehead atoms. The normalized spacial score (nSPS) is 12.0. The van der Waals surface area contributed by atoms with Crippen molar-refractivity contribution in [1.29, 1.82) is 0 Å². The van der Waals surface area contributed by atoms with E-state index in [1.54, 1.807) is 0 Å². The molecule has 0 fully saturated rings. The van der Waals surface area contributed by atoms with E-state index in [0.717, 1.165) is 33.3 Å². The fourth-order valence-corrected chi connectivity index (χ4v) is 7.27. The van der Waals surface area contributed by atoms with Crippen LogP contribution in [-0.2, 0) is 0 Å². The van der Waals surface area contributed by atoms with E-state index in [1.807, 2.05) is 12.1 Å². The summed E-state index contributed by atoms with van der Waals surface area (Å²) in [5, 5.41) is 7.26. The Bertz CT molecular complexity index is 2690. The van der Waals surface area contributed by atoms with Gasteiger partial charge < -0.3 is 13.6 Å². The standard InChI is InChI=1S/C42H26N2O/c1-5-13-37-31(9-1)32-10-2-6-14-38(32)43(37)29-21-17-27(18-22-29)28-19-23-30(24-20-28)44-39-15-7-3-11-33(39)35-26-42-36(25-40(35)44)34-12-4-8-16-41(34)45-42/h1-26H. The van der Waals surface area contributed by atoms with E-state index >= 15 is 0 Å². The highest BCUT2D eigenvalue weighted by Crippen LogP contribution is 2.39. The van der Waals surface area contributed by atoms with E-state index < -0.39 is 0 Å². The van der Waals surface area contributed by atoms with Crippen LogP contribution in [0.3, 0.4) is 0 Å². The molecule has 0 aliphatic rings. The van der Waals surface area contributed by atoms with Gasteiger partial charge in [0.1, 0.15) is 11.2 Å². The lowest BCUT2D eigenvalue weighted by Crippen LogP contribution is -1.94. The third-order valence-electron chi connectivity index (χ3n) is 9.34. The number of fused-ring (bicyclic) bond motifs is 9. The zero-order valence-electron chi connectivity index (χ0n) is 24.3. The molecule has 0 radical (unpaired) electrons. The fraction of sp³-hybridized carbons (Fsp3) is 0. The van der Waals surface area contributed by atoms with Gasteiger partial charge in [0.25, 0.3) is 0 Å². The van der Waals surface area contributed by atoms with Gasteiger partial charge >= 0.3 is 0 Å². The number of hydrogen-bond donors (Lipinski definition) is 0. The summed E-state index contributed by atoms with van der Waals surface area (Å²) in [7, 11) is 0. The molecule has 10 rings (SSSR count). The molecule has 3 heteroatoms. The van der Waals surface area contributed by atoms with Crippen LogP contribution in [-0.4, -0.2) is 9.13 Å². The van der Waals surface area contributed by atoms with Gasteiger partial charge in [0.15, 0.2) is 0 Å². The van der Waals surface area contributed by atoms with Crippen LogP contribution < -0.4 is 0 Å². The maximum absolute atomic E-state index is 6.25.